The predicted octanol–water partition coefficient (Wildman–Crippen LogP) is 4.60. The van der Waals surface area contributed by atoms with E-state index in [0.717, 1.165) is 17.2 Å². The summed E-state index contributed by atoms with van der Waals surface area (Å²) in [4.78, 5) is 11.5. The van der Waals surface area contributed by atoms with Crippen LogP contribution in [0.5, 0.6) is 5.75 Å². The van der Waals surface area contributed by atoms with Gasteiger partial charge >= 0.3 is 0 Å². The van der Waals surface area contributed by atoms with Crippen LogP contribution in [0, 0.1) is 18.3 Å². The second-order valence-corrected chi connectivity index (χ2v) is 6.46. The smallest absolute Gasteiger partial charge is 0.221 e. The maximum absolute atomic E-state index is 11.5. The summed E-state index contributed by atoms with van der Waals surface area (Å²) < 4.78 is 4.12. The summed E-state index contributed by atoms with van der Waals surface area (Å²) in [6, 6.07) is 8.97. The molecule has 0 radical (unpaired) electrons. The number of hydrogen-bond donors (Lipinski definition) is 3. The Morgan fingerprint density at radius 3 is 2.78 bits per heavy atom. The molecule has 3 rings (SSSR count). The summed E-state index contributed by atoms with van der Waals surface area (Å²) in [5, 5.41) is 35.5. The molecule has 0 saturated carbocycles. The molecule has 0 atom stereocenters. The zero-order chi connectivity index (χ0) is 19.6. The lowest BCUT2D eigenvalue weighted by Crippen LogP contribution is -2.06. The average Bonchev–Trinajstić information content (AvgIpc) is 3.01. The van der Waals surface area contributed by atoms with E-state index >= 15 is 0 Å². The highest BCUT2D eigenvalue weighted by molar-refractivity contribution is 7.10. The molecule has 3 aromatic rings. The van der Waals surface area contributed by atoms with Crippen molar-refractivity contribution in [2.75, 3.05) is 17.7 Å². The van der Waals surface area contributed by atoms with E-state index in [0.29, 0.717) is 32.7 Å². The second kappa shape index (κ2) is 7.39. The van der Waals surface area contributed by atoms with Gasteiger partial charge in [0, 0.05) is 30.4 Å². The van der Waals surface area contributed by atoms with Crippen molar-refractivity contribution in [1.82, 2.24) is 4.37 Å². The number of rotatable bonds is 4. The first-order chi connectivity index (χ1) is 13.0. The van der Waals surface area contributed by atoms with E-state index in [9.17, 15) is 15.2 Å². The number of hydrogen-bond acceptors (Lipinski definition) is 8. The molecular weight excluding hydrogens is 364 g/mol. The minimum absolute atomic E-state index is 0.0531. The SMILES string of the molecule is CNc1cccc2c(O)c(NC(C)=O)cc(N=Nc3snc(C)c3C#N)c12. The Bertz CT molecular complexity index is 1110. The molecule has 27 heavy (non-hydrogen) atoms. The molecule has 0 bridgehead atoms. The van der Waals surface area contributed by atoms with Gasteiger partial charge in [-0.05, 0) is 30.6 Å². The molecule has 1 amide bonds. The summed E-state index contributed by atoms with van der Waals surface area (Å²) in [7, 11) is 1.76. The van der Waals surface area contributed by atoms with E-state index < -0.39 is 0 Å². The first-order valence-corrected chi connectivity index (χ1v) is 8.75. The van der Waals surface area contributed by atoms with Gasteiger partial charge in [0.15, 0.2) is 5.00 Å². The Labute approximate surface area is 159 Å². The van der Waals surface area contributed by atoms with Gasteiger partial charge in [-0.1, -0.05) is 12.1 Å². The van der Waals surface area contributed by atoms with Crippen LogP contribution in [0.25, 0.3) is 10.8 Å². The molecule has 3 N–H and O–H groups in total. The number of amides is 1. The Hall–Kier alpha value is -3.51. The number of aryl methyl sites for hydroxylation is 1. The molecule has 0 unspecified atom stereocenters. The van der Waals surface area contributed by atoms with E-state index in [1.807, 2.05) is 6.07 Å². The third kappa shape index (κ3) is 3.43. The Kier molecular flexibility index (Phi) is 5.00. The highest BCUT2D eigenvalue weighted by atomic mass is 32.1. The third-order valence-electron chi connectivity index (χ3n) is 3.90. The van der Waals surface area contributed by atoms with Crippen LogP contribution < -0.4 is 10.6 Å². The molecule has 0 aliphatic carbocycles. The molecule has 0 spiro atoms. The maximum Gasteiger partial charge on any atom is 0.221 e. The molecule has 9 heteroatoms. The van der Waals surface area contributed by atoms with Crippen molar-refractivity contribution in [3.8, 4) is 11.8 Å². The monoisotopic (exact) mass is 380 g/mol. The standard InChI is InChI=1S/C18H16N6O2S/c1-9-12(8-19)18(27-24-9)23-22-14-7-15(21-10(2)25)17(26)11-5-4-6-13(20-3)16(11)14/h4-7,20,26H,1-3H3,(H,21,25). The fraction of sp³-hybridized carbons (Fsp3) is 0.167. The maximum atomic E-state index is 11.5. The molecule has 1 heterocycles. The van der Waals surface area contributed by atoms with Crippen molar-refractivity contribution in [3.63, 3.8) is 0 Å². The largest absolute Gasteiger partial charge is 0.505 e. The molecule has 2 aromatic carbocycles. The van der Waals surface area contributed by atoms with Crippen LogP contribution >= 0.6 is 11.5 Å². The van der Waals surface area contributed by atoms with Gasteiger partial charge in [-0.15, -0.1) is 10.2 Å². The highest BCUT2D eigenvalue weighted by Crippen LogP contribution is 2.43. The number of azo groups is 1. The van der Waals surface area contributed by atoms with Crippen molar-refractivity contribution < 1.29 is 9.90 Å². The van der Waals surface area contributed by atoms with Gasteiger partial charge in [0.1, 0.15) is 17.4 Å². The number of fused-ring (bicyclic) bond motifs is 1. The van der Waals surface area contributed by atoms with Crippen LogP contribution in [0.4, 0.5) is 22.1 Å². The molecule has 0 saturated heterocycles. The van der Waals surface area contributed by atoms with Gasteiger partial charge in [0.05, 0.1) is 17.1 Å². The second-order valence-electron chi connectivity index (χ2n) is 5.71. The van der Waals surface area contributed by atoms with Crippen LogP contribution in [-0.4, -0.2) is 22.4 Å². The number of benzene rings is 2. The average molecular weight is 380 g/mol. The summed E-state index contributed by atoms with van der Waals surface area (Å²) >= 11 is 1.09. The highest BCUT2D eigenvalue weighted by Gasteiger charge is 2.16. The number of nitrogens with one attached hydrogen (secondary N) is 2. The lowest BCUT2D eigenvalue weighted by Gasteiger charge is -2.13. The Morgan fingerprint density at radius 1 is 1.33 bits per heavy atom. The zero-order valence-electron chi connectivity index (χ0n) is 14.9. The number of aromatic nitrogens is 1. The van der Waals surface area contributed by atoms with E-state index in [2.05, 4.69) is 31.3 Å². The van der Waals surface area contributed by atoms with Crippen molar-refractivity contribution in [2.45, 2.75) is 13.8 Å². The molecule has 8 nitrogen and oxygen atoms in total. The fourth-order valence-corrected chi connectivity index (χ4v) is 3.35. The number of nitriles is 1. The topological polar surface area (TPSA) is 123 Å². The number of phenolic OH excluding ortho intramolecular Hbond substituents is 1. The number of carbonyl (C=O) groups is 1. The van der Waals surface area contributed by atoms with Crippen LogP contribution in [0.2, 0.25) is 0 Å². The Balaban J connectivity index is 2.23. The number of phenols is 1. The number of aromatic hydroxyl groups is 1. The Morgan fingerprint density at radius 2 is 2.11 bits per heavy atom. The minimum atomic E-state index is -0.317. The molecule has 1 aromatic heterocycles. The number of carbonyl (C=O) groups excluding carboxylic acids is 1. The van der Waals surface area contributed by atoms with Crippen LogP contribution in [0.15, 0.2) is 34.5 Å². The summed E-state index contributed by atoms with van der Waals surface area (Å²) in [6.07, 6.45) is 0. The van der Waals surface area contributed by atoms with Crippen LogP contribution in [0.3, 0.4) is 0 Å². The molecular formula is C18H16N6O2S. The summed E-state index contributed by atoms with van der Waals surface area (Å²) in [5.74, 6) is -0.371. The number of nitrogens with zero attached hydrogens (tertiary/aromatic N) is 4. The van der Waals surface area contributed by atoms with Gasteiger partial charge in [0.25, 0.3) is 0 Å². The molecule has 136 valence electrons. The molecule has 0 aliphatic heterocycles. The fourth-order valence-electron chi connectivity index (χ4n) is 2.67. The van der Waals surface area contributed by atoms with E-state index in [1.165, 1.54) is 6.92 Å². The predicted molar refractivity (Wildman–Crippen MR) is 105 cm³/mol. The molecule has 0 aliphatic rings. The van der Waals surface area contributed by atoms with E-state index in [1.54, 1.807) is 32.2 Å². The zero-order valence-corrected chi connectivity index (χ0v) is 15.7. The van der Waals surface area contributed by atoms with Crippen LogP contribution in [-0.2, 0) is 4.79 Å². The normalized spacial score (nSPS) is 10.9. The van der Waals surface area contributed by atoms with Crippen molar-refractivity contribution in [3.05, 3.63) is 35.5 Å². The third-order valence-corrected chi connectivity index (χ3v) is 4.72. The lowest BCUT2D eigenvalue weighted by atomic mass is 10.0. The number of anilines is 2. The van der Waals surface area contributed by atoms with Gasteiger partial charge in [-0.25, -0.2) is 0 Å². The van der Waals surface area contributed by atoms with E-state index in [4.69, 9.17) is 0 Å². The minimum Gasteiger partial charge on any atom is -0.505 e. The molecule has 0 fully saturated rings. The van der Waals surface area contributed by atoms with Gasteiger partial charge < -0.3 is 15.7 Å². The first kappa shape index (κ1) is 18.3. The van der Waals surface area contributed by atoms with Crippen molar-refractivity contribution in [2.24, 2.45) is 10.2 Å². The van der Waals surface area contributed by atoms with Crippen molar-refractivity contribution >= 4 is 50.3 Å². The quantitative estimate of drug-likeness (QED) is 0.451. The van der Waals surface area contributed by atoms with Gasteiger partial charge in [0.2, 0.25) is 5.91 Å². The van der Waals surface area contributed by atoms with E-state index in [-0.39, 0.29) is 17.3 Å². The van der Waals surface area contributed by atoms with Crippen molar-refractivity contribution in [1.29, 1.82) is 5.26 Å². The van der Waals surface area contributed by atoms with Gasteiger partial charge in [-0.3, -0.25) is 4.79 Å². The van der Waals surface area contributed by atoms with Gasteiger partial charge in [-0.2, -0.15) is 9.64 Å². The van der Waals surface area contributed by atoms with Crippen LogP contribution in [0.1, 0.15) is 18.2 Å². The lowest BCUT2D eigenvalue weighted by molar-refractivity contribution is -0.114. The summed E-state index contributed by atoms with van der Waals surface area (Å²) in [5.41, 5.74) is 2.39. The summed E-state index contributed by atoms with van der Waals surface area (Å²) in [6.45, 7) is 3.09. The first-order valence-electron chi connectivity index (χ1n) is 7.98.